The number of rotatable bonds is 33. The molecule has 346 valence electrons. The lowest BCUT2D eigenvalue weighted by atomic mass is 9.99. The number of ketones is 4. The molecule has 0 saturated heterocycles. The maximum absolute atomic E-state index is 13.2. The fourth-order valence-electron chi connectivity index (χ4n) is 5.39. The fourth-order valence-corrected chi connectivity index (χ4v) is 5.39. The van der Waals surface area contributed by atoms with E-state index in [9.17, 15) is 68.4 Å². The van der Waals surface area contributed by atoms with Crippen LogP contribution in [0.25, 0.3) is 0 Å². The van der Waals surface area contributed by atoms with Crippen LogP contribution >= 0.6 is 0 Å². The highest BCUT2D eigenvalue weighted by molar-refractivity contribution is 6.42. The van der Waals surface area contributed by atoms with Crippen LogP contribution in [0.3, 0.4) is 0 Å². The maximum atomic E-state index is 13.2. The van der Waals surface area contributed by atoms with Crippen molar-refractivity contribution in [1.82, 2.24) is 43.0 Å². The number of amides is 6. The van der Waals surface area contributed by atoms with E-state index in [4.69, 9.17) is 17.2 Å². The molecule has 0 spiro atoms. The zero-order valence-corrected chi connectivity index (χ0v) is 34.4. The van der Waals surface area contributed by atoms with Crippen LogP contribution in [0, 0.1) is 0 Å². The van der Waals surface area contributed by atoms with Gasteiger partial charge in [0, 0.05) is 32.9 Å². The Kier molecular flexibility index (Phi) is 25.3. The smallest absolute Gasteiger partial charge is 0.242 e. The number of nitrogens with one attached hydrogen (secondary N) is 8. The molecule has 0 bridgehead atoms. The average Bonchev–Trinajstić information content (AvgIpc) is 3.23. The average molecular weight is 882 g/mol. The first kappa shape index (κ1) is 54.4. The van der Waals surface area contributed by atoms with Crippen molar-refractivity contribution in [3.05, 3.63) is 35.9 Å². The summed E-state index contributed by atoms with van der Waals surface area (Å²) in [4.78, 5) is 124. The number of hydrazine groups is 2. The van der Waals surface area contributed by atoms with Crippen molar-refractivity contribution >= 4 is 58.6 Å². The molecule has 1 aromatic carbocycles. The Balaban J connectivity index is 2.71. The van der Waals surface area contributed by atoms with Crippen LogP contribution in [0.4, 0.5) is 0 Å². The number of Topliss-reactive ketones (excluding diaryl/α,β-unsaturated/α-hetero) is 4. The van der Waals surface area contributed by atoms with E-state index in [1.54, 1.807) is 30.3 Å². The van der Waals surface area contributed by atoms with Gasteiger partial charge in [-0.3, -0.25) is 47.9 Å². The number of benzene rings is 1. The van der Waals surface area contributed by atoms with Crippen LogP contribution in [0.2, 0.25) is 0 Å². The Morgan fingerprint density at radius 1 is 0.645 bits per heavy atom. The predicted octanol–water partition coefficient (Wildman–Crippen LogP) is -8.00. The topological polar surface area (TPSA) is 426 Å². The van der Waals surface area contributed by atoms with Gasteiger partial charge in [0.2, 0.25) is 58.6 Å². The van der Waals surface area contributed by atoms with Crippen LogP contribution in [-0.2, 0) is 54.4 Å². The van der Waals surface area contributed by atoms with Crippen LogP contribution in [0.1, 0.15) is 51.5 Å². The van der Waals surface area contributed by atoms with E-state index >= 15 is 0 Å². The van der Waals surface area contributed by atoms with Gasteiger partial charge in [-0.2, -0.15) is 0 Å². The molecular weight excluding hydrogens is 822 g/mol. The molecule has 0 heterocycles. The minimum Gasteiger partial charge on any atom is -0.394 e. The summed E-state index contributed by atoms with van der Waals surface area (Å²) in [6.45, 7) is -0.155. The molecule has 0 aliphatic heterocycles. The summed E-state index contributed by atoms with van der Waals surface area (Å²) in [6.07, 6.45) is -1.96. The molecule has 8 atom stereocenters. The zero-order valence-electron chi connectivity index (χ0n) is 34.4. The normalized spacial score (nSPS) is 15.0. The molecule has 6 amide bonds. The van der Waals surface area contributed by atoms with Crippen molar-refractivity contribution in [2.45, 2.75) is 101 Å². The quantitative estimate of drug-likeness (QED) is 0.0177. The van der Waals surface area contributed by atoms with E-state index in [1.807, 2.05) is 0 Å². The number of carbonyl (C=O) groups excluding carboxylic acids is 10. The summed E-state index contributed by atoms with van der Waals surface area (Å²) in [6, 6.07) is -1.65. The van der Waals surface area contributed by atoms with Crippen LogP contribution in [0.15, 0.2) is 30.3 Å². The van der Waals surface area contributed by atoms with Gasteiger partial charge in [-0.25, -0.2) is 21.7 Å². The largest absolute Gasteiger partial charge is 0.394 e. The van der Waals surface area contributed by atoms with E-state index in [-0.39, 0.29) is 32.4 Å². The van der Waals surface area contributed by atoms with Crippen LogP contribution in [0.5, 0.6) is 0 Å². The van der Waals surface area contributed by atoms with E-state index in [1.165, 1.54) is 0 Å². The van der Waals surface area contributed by atoms with Gasteiger partial charge >= 0.3 is 0 Å². The number of primary amides is 2. The molecule has 0 radical (unpaired) electrons. The van der Waals surface area contributed by atoms with Gasteiger partial charge in [0.1, 0.15) is 36.3 Å². The Hall–Kier alpha value is -5.64. The standard InChI is InChI=1S/C37H59N11O14/c1-19(52)30(48-46-24(15-28(39)54)31(56)32(57)26(17-50)43-20(2)53)34(59)33(58)27(18-51)47-45-23(35(40)60)10-11-29(55)41-12-6-7-13-42-37(62)25(44-36(61)22(38)16-49)14-21-8-4-3-5-9-21/h3-5,8-9,19,22-27,30,45-52H,6-7,10-18,38H2,1-2H3,(H2,39,54)(H2,40,60)(H,41,55)(H,42,62)(H,43,53)(H,44,61)/t19-,22?,23?,24+,25?,26?,27+,30+/m1/s1. The number of aliphatic hydroxyl groups is 4. The number of unbranched alkanes of at least 4 members (excludes halogenated alkanes) is 1. The van der Waals surface area contributed by atoms with Gasteiger partial charge in [-0.1, -0.05) is 30.3 Å². The lowest BCUT2D eigenvalue weighted by Gasteiger charge is -2.26. The summed E-state index contributed by atoms with van der Waals surface area (Å²) in [5.41, 5.74) is 26.0. The second-order valence-corrected chi connectivity index (χ2v) is 14.0. The molecule has 1 rings (SSSR count). The van der Waals surface area contributed by atoms with Gasteiger partial charge in [0.25, 0.3) is 0 Å². The number of hydrogen-bond donors (Lipinski definition) is 15. The highest BCUT2D eigenvalue weighted by Gasteiger charge is 2.37. The third-order valence-electron chi connectivity index (χ3n) is 8.87. The Labute approximate surface area is 356 Å². The third kappa shape index (κ3) is 19.8. The van der Waals surface area contributed by atoms with Gasteiger partial charge in [0.05, 0.1) is 38.4 Å². The van der Waals surface area contributed by atoms with Crippen LogP contribution in [-0.4, -0.2) is 160 Å². The molecule has 62 heavy (non-hydrogen) atoms. The Morgan fingerprint density at radius 2 is 1.19 bits per heavy atom. The van der Waals surface area contributed by atoms with E-state index in [0.717, 1.165) is 19.4 Å². The first-order chi connectivity index (χ1) is 29.3. The monoisotopic (exact) mass is 881 g/mol. The molecule has 18 N–H and O–H groups in total. The first-order valence-corrected chi connectivity index (χ1v) is 19.5. The summed E-state index contributed by atoms with van der Waals surface area (Å²) < 4.78 is 0. The number of hydrogen-bond acceptors (Lipinski definition) is 19. The van der Waals surface area contributed by atoms with Gasteiger partial charge in [-0.05, 0) is 31.7 Å². The van der Waals surface area contributed by atoms with Crippen molar-refractivity contribution in [1.29, 1.82) is 0 Å². The molecule has 0 aliphatic rings. The predicted molar refractivity (Wildman–Crippen MR) is 216 cm³/mol. The summed E-state index contributed by atoms with van der Waals surface area (Å²) in [5, 5.41) is 48.7. The van der Waals surface area contributed by atoms with Gasteiger partial charge in [0.15, 0.2) is 0 Å². The van der Waals surface area contributed by atoms with E-state index < -0.39 is 133 Å². The SMILES string of the molecule is CC(=O)NC(CO)C(=O)C(=O)[C@H](CC(N)=O)NN[C@H](C(=O)C(=O)[C@H](CO)NNC(CCC(=O)NCCCCNC(=O)C(Cc1ccccc1)NC(=O)C(N)CO)C(N)=O)[C@@H](C)O. The van der Waals surface area contributed by atoms with E-state index in [2.05, 4.69) is 43.0 Å². The summed E-state index contributed by atoms with van der Waals surface area (Å²) in [5.74, 6) is -9.96. The molecule has 25 nitrogen and oxygen atoms in total. The minimum atomic E-state index is -1.87. The molecule has 0 saturated carbocycles. The third-order valence-corrected chi connectivity index (χ3v) is 8.87. The second kappa shape index (κ2) is 28.8. The minimum absolute atomic E-state index is 0.172. The summed E-state index contributed by atoms with van der Waals surface area (Å²) >= 11 is 0. The molecule has 0 aliphatic carbocycles. The fraction of sp³-hybridized carbons (Fsp3) is 0.568. The second-order valence-electron chi connectivity index (χ2n) is 14.0. The molecule has 25 heteroatoms. The number of nitrogens with two attached hydrogens (primary N) is 3. The van der Waals surface area contributed by atoms with Crippen molar-refractivity contribution in [2.24, 2.45) is 17.2 Å². The lowest BCUT2D eigenvalue weighted by molar-refractivity contribution is -0.142. The van der Waals surface area contributed by atoms with Gasteiger partial charge < -0.3 is 58.9 Å². The highest BCUT2D eigenvalue weighted by Crippen LogP contribution is 2.06. The Bertz CT molecular complexity index is 1700. The van der Waals surface area contributed by atoms with E-state index in [0.29, 0.717) is 12.8 Å². The van der Waals surface area contributed by atoms with Crippen molar-refractivity contribution < 1.29 is 68.4 Å². The number of aliphatic hydroxyl groups excluding tert-OH is 4. The molecular formula is C37H59N11O14. The molecule has 0 fully saturated rings. The lowest BCUT2D eigenvalue weighted by Crippen LogP contribution is -2.62. The molecule has 0 aromatic heterocycles. The maximum Gasteiger partial charge on any atom is 0.242 e. The van der Waals surface area contributed by atoms with Crippen molar-refractivity contribution in [3.8, 4) is 0 Å². The first-order valence-electron chi connectivity index (χ1n) is 19.5. The number of carbonyl (C=O) groups is 10. The highest BCUT2D eigenvalue weighted by atomic mass is 16.3. The molecule has 1 aromatic rings. The van der Waals surface area contributed by atoms with Crippen molar-refractivity contribution in [3.63, 3.8) is 0 Å². The molecule has 4 unspecified atom stereocenters. The van der Waals surface area contributed by atoms with Crippen molar-refractivity contribution in [2.75, 3.05) is 32.9 Å². The Morgan fingerprint density at radius 3 is 1.73 bits per heavy atom. The zero-order chi connectivity index (χ0) is 46.9. The summed E-state index contributed by atoms with van der Waals surface area (Å²) in [7, 11) is 0. The van der Waals surface area contributed by atoms with Crippen LogP contribution < -0.4 is 60.2 Å². The van der Waals surface area contributed by atoms with Gasteiger partial charge in [-0.15, -0.1) is 0 Å².